The molecule has 1 amide bonds. The van der Waals surface area contributed by atoms with Crippen molar-refractivity contribution in [1.29, 1.82) is 0 Å². The standard InChI is InChI=1S/C23H20FN5O2/c1-28-19-10-11-29(23(30)16-8-5-9-17(24)13-16)14-18(19)21(26-28)22-25-20(27-31-22)12-15-6-3-2-4-7-15/h2-9,13H,10-12,14H2,1H3. The summed E-state index contributed by atoms with van der Waals surface area (Å²) in [4.78, 5) is 19.1. The normalized spacial score (nSPS) is 13.3. The highest BCUT2D eigenvalue weighted by Gasteiger charge is 2.30. The number of carbonyl (C=O) groups excluding carboxylic acids is 1. The van der Waals surface area contributed by atoms with Gasteiger partial charge in [0.25, 0.3) is 11.8 Å². The van der Waals surface area contributed by atoms with Gasteiger partial charge in [-0.15, -0.1) is 0 Å². The van der Waals surface area contributed by atoms with Crippen molar-refractivity contribution < 1.29 is 13.7 Å². The van der Waals surface area contributed by atoms with E-state index in [2.05, 4.69) is 15.2 Å². The van der Waals surface area contributed by atoms with Crippen molar-refractivity contribution in [2.45, 2.75) is 19.4 Å². The zero-order valence-electron chi connectivity index (χ0n) is 17.0. The summed E-state index contributed by atoms with van der Waals surface area (Å²) in [7, 11) is 1.87. The fourth-order valence-electron chi connectivity index (χ4n) is 3.94. The van der Waals surface area contributed by atoms with Crippen LogP contribution in [0.15, 0.2) is 59.1 Å². The monoisotopic (exact) mass is 417 g/mol. The molecular weight excluding hydrogens is 397 g/mol. The number of hydrogen-bond acceptors (Lipinski definition) is 5. The zero-order chi connectivity index (χ0) is 21.4. The van der Waals surface area contributed by atoms with Gasteiger partial charge in [0.05, 0.1) is 6.54 Å². The third-order valence-corrected chi connectivity index (χ3v) is 5.48. The van der Waals surface area contributed by atoms with Crippen LogP contribution in [0.25, 0.3) is 11.6 Å². The largest absolute Gasteiger partial charge is 0.334 e. The average molecular weight is 417 g/mol. The first-order valence-electron chi connectivity index (χ1n) is 10.0. The van der Waals surface area contributed by atoms with Crippen LogP contribution in [0.5, 0.6) is 0 Å². The van der Waals surface area contributed by atoms with E-state index in [1.54, 1.807) is 21.7 Å². The Morgan fingerprint density at radius 1 is 1.16 bits per heavy atom. The molecule has 4 aromatic rings. The van der Waals surface area contributed by atoms with Crippen molar-refractivity contribution >= 4 is 5.91 Å². The van der Waals surface area contributed by atoms with Gasteiger partial charge < -0.3 is 9.42 Å². The highest BCUT2D eigenvalue weighted by molar-refractivity contribution is 5.94. The fraction of sp³-hybridized carbons (Fsp3) is 0.217. The minimum atomic E-state index is -0.428. The highest BCUT2D eigenvalue weighted by atomic mass is 19.1. The van der Waals surface area contributed by atoms with E-state index < -0.39 is 5.82 Å². The van der Waals surface area contributed by atoms with Gasteiger partial charge in [-0.05, 0) is 23.8 Å². The van der Waals surface area contributed by atoms with E-state index in [1.165, 1.54) is 12.1 Å². The first-order valence-corrected chi connectivity index (χ1v) is 10.0. The van der Waals surface area contributed by atoms with Gasteiger partial charge in [-0.3, -0.25) is 9.48 Å². The summed E-state index contributed by atoms with van der Waals surface area (Å²) < 4.78 is 20.9. The maximum Gasteiger partial charge on any atom is 0.278 e. The predicted octanol–water partition coefficient (Wildman–Crippen LogP) is 3.40. The van der Waals surface area contributed by atoms with Crippen LogP contribution in [0.2, 0.25) is 0 Å². The second-order valence-corrected chi connectivity index (χ2v) is 7.56. The minimum Gasteiger partial charge on any atom is -0.334 e. The molecule has 0 saturated carbocycles. The van der Waals surface area contributed by atoms with Gasteiger partial charge in [0, 0.05) is 43.3 Å². The van der Waals surface area contributed by atoms with E-state index in [0.29, 0.717) is 48.9 Å². The molecular formula is C23H20FN5O2. The van der Waals surface area contributed by atoms with Crippen molar-refractivity contribution in [1.82, 2.24) is 24.8 Å². The number of amides is 1. The van der Waals surface area contributed by atoms with E-state index in [0.717, 1.165) is 16.8 Å². The molecule has 7 nitrogen and oxygen atoms in total. The summed E-state index contributed by atoms with van der Waals surface area (Å²) in [6, 6.07) is 15.7. The van der Waals surface area contributed by atoms with Crippen molar-refractivity contribution in [2.24, 2.45) is 7.05 Å². The number of carbonyl (C=O) groups is 1. The molecule has 0 aliphatic carbocycles. The number of aryl methyl sites for hydroxylation is 1. The molecule has 0 radical (unpaired) electrons. The lowest BCUT2D eigenvalue weighted by atomic mass is 10.0. The molecule has 1 aliphatic heterocycles. The molecule has 2 aromatic heterocycles. The topological polar surface area (TPSA) is 77.1 Å². The van der Waals surface area contributed by atoms with E-state index in [4.69, 9.17) is 4.52 Å². The molecule has 8 heteroatoms. The van der Waals surface area contributed by atoms with Crippen LogP contribution in [0.1, 0.15) is 33.0 Å². The lowest BCUT2D eigenvalue weighted by Crippen LogP contribution is -2.36. The summed E-state index contributed by atoms with van der Waals surface area (Å²) in [5.74, 6) is 0.268. The van der Waals surface area contributed by atoms with Gasteiger partial charge in [-0.1, -0.05) is 41.6 Å². The Bertz CT molecular complexity index is 1250. The Balaban J connectivity index is 1.41. The summed E-state index contributed by atoms with van der Waals surface area (Å²) in [5.41, 5.74) is 3.91. The van der Waals surface area contributed by atoms with Gasteiger partial charge in [0.1, 0.15) is 5.82 Å². The van der Waals surface area contributed by atoms with Crippen molar-refractivity contribution in [3.63, 3.8) is 0 Å². The number of hydrogen-bond donors (Lipinski definition) is 0. The van der Waals surface area contributed by atoms with Gasteiger partial charge in [0.15, 0.2) is 11.5 Å². The molecule has 0 N–H and O–H groups in total. The molecule has 2 aromatic carbocycles. The molecule has 31 heavy (non-hydrogen) atoms. The maximum absolute atomic E-state index is 13.6. The van der Waals surface area contributed by atoms with Crippen LogP contribution in [0, 0.1) is 5.82 Å². The van der Waals surface area contributed by atoms with Crippen molar-refractivity contribution in [3.8, 4) is 11.6 Å². The van der Waals surface area contributed by atoms with Gasteiger partial charge in [-0.25, -0.2) is 4.39 Å². The van der Waals surface area contributed by atoms with Crippen molar-refractivity contribution in [2.75, 3.05) is 6.54 Å². The van der Waals surface area contributed by atoms with Crippen LogP contribution in [-0.2, 0) is 26.4 Å². The Morgan fingerprint density at radius 3 is 2.81 bits per heavy atom. The number of benzene rings is 2. The molecule has 3 heterocycles. The van der Waals surface area contributed by atoms with Crippen LogP contribution in [-0.4, -0.2) is 37.3 Å². The Kier molecular flexibility index (Phi) is 4.82. The second-order valence-electron chi connectivity index (χ2n) is 7.56. The van der Waals surface area contributed by atoms with Crippen LogP contribution in [0.4, 0.5) is 4.39 Å². The van der Waals surface area contributed by atoms with E-state index >= 15 is 0 Å². The number of rotatable bonds is 4. The summed E-state index contributed by atoms with van der Waals surface area (Å²) in [6.45, 7) is 0.884. The van der Waals surface area contributed by atoms with E-state index in [1.807, 2.05) is 37.4 Å². The first-order chi connectivity index (χ1) is 15.1. The van der Waals surface area contributed by atoms with Crippen LogP contribution < -0.4 is 0 Å². The maximum atomic E-state index is 13.6. The summed E-state index contributed by atoms with van der Waals surface area (Å²) in [6.07, 6.45) is 1.20. The smallest absolute Gasteiger partial charge is 0.278 e. The Morgan fingerprint density at radius 2 is 2.00 bits per heavy atom. The lowest BCUT2D eigenvalue weighted by molar-refractivity contribution is 0.0733. The van der Waals surface area contributed by atoms with Gasteiger partial charge >= 0.3 is 0 Å². The quantitative estimate of drug-likeness (QED) is 0.509. The third-order valence-electron chi connectivity index (χ3n) is 5.48. The van der Waals surface area contributed by atoms with Gasteiger partial charge in [0.2, 0.25) is 0 Å². The minimum absolute atomic E-state index is 0.213. The molecule has 0 fully saturated rings. The lowest BCUT2D eigenvalue weighted by Gasteiger charge is -2.27. The summed E-state index contributed by atoms with van der Waals surface area (Å²) >= 11 is 0. The molecule has 0 saturated heterocycles. The Labute approximate surface area is 178 Å². The zero-order valence-corrected chi connectivity index (χ0v) is 17.0. The molecule has 0 atom stereocenters. The number of aromatic nitrogens is 4. The summed E-state index contributed by atoms with van der Waals surface area (Å²) in [5, 5.41) is 8.69. The van der Waals surface area contributed by atoms with Gasteiger partial charge in [-0.2, -0.15) is 10.1 Å². The SMILES string of the molecule is Cn1nc(-c2nc(Cc3ccccc3)no2)c2c1CCN(C(=O)c1cccc(F)c1)C2. The fourth-order valence-corrected chi connectivity index (χ4v) is 3.94. The number of nitrogens with zero attached hydrogens (tertiary/aromatic N) is 5. The van der Waals surface area contributed by atoms with Crippen molar-refractivity contribution in [3.05, 3.63) is 88.6 Å². The molecule has 0 unspecified atom stereocenters. The van der Waals surface area contributed by atoms with Crippen LogP contribution in [0.3, 0.4) is 0 Å². The van der Waals surface area contributed by atoms with Crippen LogP contribution >= 0.6 is 0 Å². The molecule has 5 rings (SSSR count). The molecule has 0 bridgehead atoms. The number of halogens is 1. The highest BCUT2D eigenvalue weighted by Crippen LogP contribution is 2.29. The second kappa shape index (κ2) is 7.79. The van der Waals surface area contributed by atoms with E-state index in [-0.39, 0.29) is 5.91 Å². The average Bonchev–Trinajstić information content (AvgIpc) is 3.38. The molecule has 0 spiro atoms. The van der Waals surface area contributed by atoms with E-state index in [9.17, 15) is 9.18 Å². The third kappa shape index (κ3) is 3.72. The Hall–Kier alpha value is -3.81. The molecule has 156 valence electrons. The molecule has 1 aliphatic rings. The predicted molar refractivity (Wildman–Crippen MR) is 111 cm³/mol. The first kappa shape index (κ1) is 19.2. The number of fused-ring (bicyclic) bond motifs is 1.